The highest BCUT2D eigenvalue weighted by atomic mass is 16.5. The van der Waals surface area contributed by atoms with Crippen molar-refractivity contribution in [3.8, 4) is 5.75 Å². The topological polar surface area (TPSA) is 113 Å². The van der Waals surface area contributed by atoms with Gasteiger partial charge in [-0.1, -0.05) is 0 Å². The number of hydrogen-bond acceptors (Lipinski definition) is 4. The number of amides is 1. The number of H-pyrrole nitrogens is 2. The second-order valence-electron chi connectivity index (χ2n) is 4.75. The third kappa shape index (κ3) is 2.51. The number of nitrogens with two attached hydrogens (primary N) is 1. The van der Waals surface area contributed by atoms with Crippen LogP contribution < -0.4 is 21.5 Å². The summed E-state index contributed by atoms with van der Waals surface area (Å²) in [4.78, 5) is 28.7. The van der Waals surface area contributed by atoms with Crippen LogP contribution in [0.5, 0.6) is 5.75 Å². The lowest BCUT2D eigenvalue weighted by molar-refractivity contribution is 0.102. The largest absolute Gasteiger partial charge is 0.495 e. The molecular formula is C15H14N4O3. The maximum absolute atomic E-state index is 12.2. The first-order valence-electron chi connectivity index (χ1n) is 6.54. The predicted octanol–water partition coefficient (Wildman–Crippen LogP) is 1.70. The normalized spacial score (nSPS) is 10.6. The molecule has 0 spiro atoms. The van der Waals surface area contributed by atoms with Gasteiger partial charge in [-0.3, -0.25) is 4.79 Å². The van der Waals surface area contributed by atoms with Crippen molar-refractivity contribution in [3.63, 3.8) is 0 Å². The molecule has 0 aliphatic carbocycles. The summed E-state index contributed by atoms with van der Waals surface area (Å²) in [6.45, 7) is 0. The van der Waals surface area contributed by atoms with Gasteiger partial charge in [0.05, 0.1) is 23.8 Å². The number of ether oxygens (including phenoxy) is 1. The highest BCUT2D eigenvalue weighted by Crippen LogP contribution is 2.23. The molecule has 0 unspecified atom stereocenters. The summed E-state index contributed by atoms with van der Waals surface area (Å²) in [6.07, 6.45) is 0. The third-order valence-corrected chi connectivity index (χ3v) is 3.27. The van der Waals surface area contributed by atoms with E-state index in [0.29, 0.717) is 33.7 Å². The summed E-state index contributed by atoms with van der Waals surface area (Å²) in [7, 11) is 1.51. The van der Waals surface area contributed by atoms with Gasteiger partial charge in [0.2, 0.25) is 0 Å². The predicted molar refractivity (Wildman–Crippen MR) is 84.3 cm³/mol. The molecule has 0 aliphatic heterocycles. The molecule has 3 aromatic rings. The minimum atomic E-state index is -0.299. The van der Waals surface area contributed by atoms with Gasteiger partial charge >= 0.3 is 5.69 Å². The summed E-state index contributed by atoms with van der Waals surface area (Å²) in [5, 5.41) is 2.75. The molecule has 7 heteroatoms. The molecular weight excluding hydrogens is 284 g/mol. The Morgan fingerprint density at radius 2 is 1.91 bits per heavy atom. The first-order valence-corrected chi connectivity index (χ1v) is 6.54. The van der Waals surface area contributed by atoms with E-state index in [9.17, 15) is 9.59 Å². The quantitative estimate of drug-likeness (QED) is 0.551. The molecule has 3 rings (SSSR count). The molecule has 0 saturated heterocycles. The fraction of sp³-hybridized carbons (Fsp3) is 0.0667. The molecule has 22 heavy (non-hydrogen) atoms. The number of nitrogens with one attached hydrogen (secondary N) is 3. The van der Waals surface area contributed by atoms with Crippen LogP contribution in [0.15, 0.2) is 41.2 Å². The maximum Gasteiger partial charge on any atom is 0.323 e. The minimum Gasteiger partial charge on any atom is -0.495 e. The van der Waals surface area contributed by atoms with Crippen molar-refractivity contribution in [2.75, 3.05) is 18.2 Å². The number of imidazole rings is 1. The number of fused-ring (bicyclic) bond motifs is 1. The number of hydrogen-bond donors (Lipinski definition) is 4. The van der Waals surface area contributed by atoms with E-state index < -0.39 is 0 Å². The molecule has 0 radical (unpaired) electrons. The van der Waals surface area contributed by atoms with Crippen LogP contribution in [0.1, 0.15) is 10.4 Å². The average Bonchev–Trinajstić information content (AvgIpc) is 2.86. The van der Waals surface area contributed by atoms with Gasteiger partial charge in [0.15, 0.2) is 0 Å². The van der Waals surface area contributed by atoms with Crippen LogP contribution in [0.3, 0.4) is 0 Å². The fourth-order valence-corrected chi connectivity index (χ4v) is 2.19. The van der Waals surface area contributed by atoms with E-state index >= 15 is 0 Å². The zero-order valence-electron chi connectivity index (χ0n) is 11.8. The van der Waals surface area contributed by atoms with Gasteiger partial charge in [0.25, 0.3) is 5.91 Å². The summed E-state index contributed by atoms with van der Waals surface area (Å²) >= 11 is 0. The Bertz CT molecular complexity index is 911. The van der Waals surface area contributed by atoms with E-state index in [1.807, 2.05) is 0 Å². The Labute approximate surface area is 125 Å². The number of rotatable bonds is 3. The van der Waals surface area contributed by atoms with Crippen molar-refractivity contribution in [3.05, 3.63) is 52.4 Å². The lowest BCUT2D eigenvalue weighted by Crippen LogP contribution is -2.12. The van der Waals surface area contributed by atoms with Crippen LogP contribution in [0.2, 0.25) is 0 Å². The monoisotopic (exact) mass is 298 g/mol. The summed E-state index contributed by atoms with van der Waals surface area (Å²) in [6, 6.07) is 9.91. The zero-order chi connectivity index (χ0) is 15.7. The second-order valence-corrected chi connectivity index (χ2v) is 4.75. The van der Waals surface area contributed by atoms with Crippen molar-refractivity contribution in [1.82, 2.24) is 9.97 Å². The van der Waals surface area contributed by atoms with Gasteiger partial charge in [-0.15, -0.1) is 0 Å². The Morgan fingerprint density at radius 1 is 1.14 bits per heavy atom. The molecule has 112 valence electrons. The van der Waals surface area contributed by atoms with Crippen molar-refractivity contribution in [2.45, 2.75) is 0 Å². The highest BCUT2D eigenvalue weighted by molar-refractivity contribution is 6.05. The molecule has 0 atom stereocenters. The maximum atomic E-state index is 12.2. The van der Waals surface area contributed by atoms with Crippen LogP contribution in [0.25, 0.3) is 11.0 Å². The van der Waals surface area contributed by atoms with Gasteiger partial charge in [-0.2, -0.15) is 0 Å². The molecule has 0 fully saturated rings. The average molecular weight is 298 g/mol. The molecule has 5 N–H and O–H groups in total. The standard InChI is InChI=1S/C15H14N4O3/c1-22-13-5-2-8(6-10(13)16)14(20)17-9-3-4-11-12(7-9)19-15(21)18-11/h2-7H,16H2,1H3,(H,17,20)(H2,18,19,21). The number of aromatic nitrogens is 2. The number of benzene rings is 2. The number of anilines is 2. The van der Waals surface area contributed by atoms with Gasteiger partial charge in [-0.05, 0) is 36.4 Å². The van der Waals surface area contributed by atoms with E-state index in [1.165, 1.54) is 7.11 Å². The Kier molecular flexibility index (Phi) is 3.30. The summed E-state index contributed by atoms with van der Waals surface area (Å²) < 4.78 is 5.05. The molecule has 7 nitrogen and oxygen atoms in total. The van der Waals surface area contributed by atoms with Crippen LogP contribution in [0, 0.1) is 0 Å². The number of carbonyl (C=O) groups is 1. The van der Waals surface area contributed by atoms with Crippen LogP contribution in [-0.2, 0) is 0 Å². The van der Waals surface area contributed by atoms with Crippen LogP contribution >= 0.6 is 0 Å². The third-order valence-electron chi connectivity index (χ3n) is 3.27. The summed E-state index contributed by atoms with van der Waals surface area (Å²) in [5.41, 5.74) is 8.18. The van der Waals surface area contributed by atoms with Gasteiger partial charge < -0.3 is 25.8 Å². The van der Waals surface area contributed by atoms with E-state index in [-0.39, 0.29) is 11.6 Å². The lowest BCUT2D eigenvalue weighted by atomic mass is 10.1. The van der Waals surface area contributed by atoms with Crippen molar-refractivity contribution >= 4 is 28.3 Å². The number of carbonyl (C=O) groups excluding carboxylic acids is 1. The van der Waals surface area contributed by atoms with Crippen molar-refractivity contribution in [1.29, 1.82) is 0 Å². The highest BCUT2D eigenvalue weighted by Gasteiger charge is 2.09. The van der Waals surface area contributed by atoms with Gasteiger partial charge in [0, 0.05) is 11.3 Å². The van der Waals surface area contributed by atoms with E-state index in [0.717, 1.165) is 0 Å². The molecule has 1 heterocycles. The van der Waals surface area contributed by atoms with E-state index in [2.05, 4.69) is 15.3 Å². The molecule has 0 bridgehead atoms. The number of nitrogen functional groups attached to an aromatic ring is 1. The molecule has 2 aromatic carbocycles. The first-order chi connectivity index (χ1) is 10.6. The Balaban J connectivity index is 1.85. The number of methoxy groups -OCH3 is 1. The zero-order valence-corrected chi connectivity index (χ0v) is 11.8. The molecule has 0 aliphatic rings. The molecule has 0 saturated carbocycles. The van der Waals surface area contributed by atoms with Crippen LogP contribution in [-0.4, -0.2) is 23.0 Å². The Morgan fingerprint density at radius 3 is 2.64 bits per heavy atom. The van der Waals surface area contributed by atoms with E-state index in [4.69, 9.17) is 10.5 Å². The summed E-state index contributed by atoms with van der Waals surface area (Å²) in [5.74, 6) is 0.217. The minimum absolute atomic E-state index is 0.290. The van der Waals surface area contributed by atoms with Gasteiger partial charge in [0.1, 0.15) is 5.75 Å². The fourth-order valence-electron chi connectivity index (χ4n) is 2.19. The van der Waals surface area contributed by atoms with Crippen LogP contribution in [0.4, 0.5) is 11.4 Å². The Hall–Kier alpha value is -3.22. The van der Waals surface area contributed by atoms with Gasteiger partial charge in [-0.25, -0.2) is 4.79 Å². The number of aromatic amines is 2. The first kappa shape index (κ1) is 13.7. The smallest absolute Gasteiger partial charge is 0.323 e. The SMILES string of the molecule is COc1ccc(C(=O)Nc2ccc3[nH]c(=O)[nH]c3c2)cc1N. The molecule has 1 amide bonds. The van der Waals surface area contributed by atoms with Crippen molar-refractivity contribution in [2.24, 2.45) is 0 Å². The van der Waals surface area contributed by atoms with Crippen molar-refractivity contribution < 1.29 is 9.53 Å². The molecule has 1 aromatic heterocycles. The lowest BCUT2D eigenvalue weighted by Gasteiger charge is -2.08. The second kappa shape index (κ2) is 5.28. The van der Waals surface area contributed by atoms with E-state index in [1.54, 1.807) is 36.4 Å².